The van der Waals surface area contributed by atoms with Crippen LogP contribution in [-0.2, 0) is 11.3 Å². The summed E-state index contributed by atoms with van der Waals surface area (Å²) in [4.78, 5) is 18.9. The number of hydrogen-bond donors (Lipinski definition) is 0. The Morgan fingerprint density at radius 3 is 2.89 bits per heavy atom. The number of aromatic nitrogens is 2. The molecule has 0 radical (unpaired) electrons. The molecule has 2 aromatic carbocycles. The van der Waals surface area contributed by atoms with Gasteiger partial charge in [-0.2, -0.15) is 4.98 Å². The van der Waals surface area contributed by atoms with Gasteiger partial charge in [0, 0.05) is 18.5 Å². The SMILES string of the molecule is Cc1ccccc1CN1C(=O)CCC1c1nc(-c2ccc3c(c2)OCO3)no1. The first-order valence-corrected chi connectivity index (χ1v) is 9.26. The van der Waals surface area contributed by atoms with E-state index in [-0.39, 0.29) is 18.7 Å². The van der Waals surface area contributed by atoms with Crippen LogP contribution in [0.3, 0.4) is 0 Å². The fraction of sp³-hybridized carbons (Fsp3) is 0.286. The van der Waals surface area contributed by atoms with Gasteiger partial charge in [-0.05, 0) is 42.7 Å². The largest absolute Gasteiger partial charge is 0.454 e. The molecule has 7 heteroatoms. The van der Waals surface area contributed by atoms with Gasteiger partial charge >= 0.3 is 0 Å². The zero-order chi connectivity index (χ0) is 19.1. The maximum Gasteiger partial charge on any atom is 0.249 e. The fourth-order valence-electron chi connectivity index (χ4n) is 3.68. The third-order valence-corrected chi connectivity index (χ3v) is 5.29. The normalized spacial score (nSPS) is 18.1. The summed E-state index contributed by atoms with van der Waals surface area (Å²) in [5, 5.41) is 4.12. The van der Waals surface area contributed by atoms with E-state index in [1.165, 1.54) is 0 Å². The molecule has 3 heterocycles. The third kappa shape index (κ3) is 2.89. The minimum atomic E-state index is -0.206. The van der Waals surface area contributed by atoms with E-state index in [0.29, 0.717) is 42.6 Å². The lowest BCUT2D eigenvalue weighted by Gasteiger charge is -2.23. The van der Waals surface area contributed by atoms with E-state index in [2.05, 4.69) is 23.1 Å². The third-order valence-electron chi connectivity index (χ3n) is 5.29. The Labute approximate surface area is 161 Å². The quantitative estimate of drug-likeness (QED) is 0.691. The van der Waals surface area contributed by atoms with E-state index in [1.54, 1.807) is 0 Å². The van der Waals surface area contributed by atoms with Crippen molar-refractivity contribution in [2.75, 3.05) is 6.79 Å². The first-order chi connectivity index (χ1) is 13.7. The number of amides is 1. The van der Waals surface area contributed by atoms with Crippen molar-refractivity contribution in [1.82, 2.24) is 15.0 Å². The van der Waals surface area contributed by atoms with Crippen molar-refractivity contribution in [3.8, 4) is 22.9 Å². The van der Waals surface area contributed by atoms with Crippen molar-refractivity contribution in [1.29, 1.82) is 0 Å². The van der Waals surface area contributed by atoms with E-state index in [0.717, 1.165) is 16.7 Å². The molecule has 142 valence electrons. The zero-order valence-corrected chi connectivity index (χ0v) is 15.4. The van der Waals surface area contributed by atoms with Gasteiger partial charge in [-0.3, -0.25) is 4.79 Å². The van der Waals surface area contributed by atoms with Crippen molar-refractivity contribution in [3.63, 3.8) is 0 Å². The number of fused-ring (bicyclic) bond motifs is 1. The molecule has 2 aliphatic heterocycles. The van der Waals surface area contributed by atoms with Crippen LogP contribution in [0.5, 0.6) is 11.5 Å². The summed E-state index contributed by atoms with van der Waals surface area (Å²) in [6.45, 7) is 2.81. The number of likely N-dealkylation sites (tertiary alicyclic amines) is 1. The van der Waals surface area contributed by atoms with Crippen LogP contribution in [0, 0.1) is 6.92 Å². The number of carbonyl (C=O) groups excluding carboxylic acids is 1. The fourth-order valence-corrected chi connectivity index (χ4v) is 3.68. The number of benzene rings is 2. The van der Waals surface area contributed by atoms with E-state index >= 15 is 0 Å². The molecule has 5 rings (SSSR count). The van der Waals surface area contributed by atoms with Gasteiger partial charge in [0.1, 0.15) is 6.04 Å². The number of hydrogen-bond acceptors (Lipinski definition) is 6. The lowest BCUT2D eigenvalue weighted by Crippen LogP contribution is -2.27. The lowest BCUT2D eigenvalue weighted by atomic mass is 10.1. The van der Waals surface area contributed by atoms with Crippen molar-refractivity contribution in [3.05, 3.63) is 59.5 Å². The number of carbonyl (C=O) groups is 1. The summed E-state index contributed by atoms with van der Waals surface area (Å²) in [7, 11) is 0. The van der Waals surface area contributed by atoms with Gasteiger partial charge in [-0.15, -0.1) is 0 Å². The Morgan fingerprint density at radius 1 is 1.14 bits per heavy atom. The van der Waals surface area contributed by atoms with E-state index in [1.807, 2.05) is 41.3 Å². The molecule has 0 aliphatic carbocycles. The Kier molecular flexibility index (Phi) is 4.00. The molecule has 2 aliphatic rings. The molecule has 28 heavy (non-hydrogen) atoms. The van der Waals surface area contributed by atoms with Gasteiger partial charge < -0.3 is 18.9 Å². The van der Waals surface area contributed by atoms with Crippen molar-refractivity contribution in [2.45, 2.75) is 32.4 Å². The average Bonchev–Trinajstić information content (AvgIpc) is 3.43. The van der Waals surface area contributed by atoms with Crippen LogP contribution in [0.4, 0.5) is 0 Å². The summed E-state index contributed by atoms with van der Waals surface area (Å²) < 4.78 is 16.3. The second-order valence-electron chi connectivity index (χ2n) is 7.03. The first kappa shape index (κ1) is 16.8. The zero-order valence-electron chi connectivity index (χ0n) is 15.4. The van der Waals surface area contributed by atoms with E-state index in [4.69, 9.17) is 14.0 Å². The van der Waals surface area contributed by atoms with Crippen molar-refractivity contribution in [2.24, 2.45) is 0 Å². The highest BCUT2D eigenvalue weighted by Gasteiger charge is 2.36. The van der Waals surface area contributed by atoms with Crippen molar-refractivity contribution >= 4 is 5.91 Å². The molecule has 1 atom stereocenters. The highest BCUT2D eigenvalue weighted by Crippen LogP contribution is 2.37. The predicted octanol–water partition coefficient (Wildman–Crippen LogP) is 3.64. The molecule has 1 aromatic heterocycles. The molecule has 0 spiro atoms. The second kappa shape index (κ2) is 6.67. The molecule has 1 fully saturated rings. The summed E-state index contributed by atoms with van der Waals surface area (Å²) in [5.41, 5.74) is 3.07. The molecule has 0 saturated carbocycles. The molecular formula is C21H19N3O4. The summed E-state index contributed by atoms with van der Waals surface area (Å²) >= 11 is 0. The van der Waals surface area contributed by atoms with Crippen LogP contribution < -0.4 is 9.47 Å². The Morgan fingerprint density at radius 2 is 2.00 bits per heavy atom. The molecule has 1 amide bonds. The second-order valence-corrected chi connectivity index (χ2v) is 7.03. The molecule has 3 aromatic rings. The molecule has 7 nitrogen and oxygen atoms in total. The average molecular weight is 377 g/mol. The maximum absolute atomic E-state index is 12.5. The van der Waals surface area contributed by atoms with Crippen LogP contribution in [-0.4, -0.2) is 27.7 Å². The van der Waals surface area contributed by atoms with Crippen LogP contribution in [0.1, 0.15) is 35.9 Å². The van der Waals surface area contributed by atoms with Crippen LogP contribution in [0.2, 0.25) is 0 Å². The van der Waals surface area contributed by atoms with Crippen molar-refractivity contribution < 1.29 is 18.8 Å². The molecule has 1 saturated heterocycles. The Bertz CT molecular complexity index is 1050. The van der Waals surface area contributed by atoms with Crippen LogP contribution in [0.25, 0.3) is 11.4 Å². The molecular weight excluding hydrogens is 358 g/mol. The maximum atomic E-state index is 12.5. The predicted molar refractivity (Wildman–Crippen MR) is 99.6 cm³/mol. The summed E-state index contributed by atoms with van der Waals surface area (Å²) in [6, 6.07) is 13.4. The van der Waals surface area contributed by atoms with Crippen LogP contribution in [0.15, 0.2) is 47.0 Å². The number of nitrogens with zero attached hydrogens (tertiary/aromatic N) is 3. The monoisotopic (exact) mass is 377 g/mol. The topological polar surface area (TPSA) is 77.7 Å². The Hall–Kier alpha value is -3.35. The number of rotatable bonds is 4. The van der Waals surface area contributed by atoms with Gasteiger partial charge in [0.25, 0.3) is 0 Å². The highest BCUT2D eigenvalue weighted by atomic mass is 16.7. The number of aryl methyl sites for hydroxylation is 1. The van der Waals surface area contributed by atoms with E-state index < -0.39 is 0 Å². The number of ether oxygens (including phenoxy) is 2. The minimum absolute atomic E-state index is 0.107. The lowest BCUT2D eigenvalue weighted by molar-refractivity contribution is -0.130. The molecule has 0 bridgehead atoms. The van der Waals surface area contributed by atoms with Gasteiger partial charge in [-0.25, -0.2) is 0 Å². The molecule has 1 unspecified atom stereocenters. The van der Waals surface area contributed by atoms with Gasteiger partial charge in [0.05, 0.1) is 0 Å². The van der Waals surface area contributed by atoms with Gasteiger partial charge in [0.2, 0.25) is 24.4 Å². The molecule has 0 N–H and O–H groups in total. The highest BCUT2D eigenvalue weighted by molar-refractivity contribution is 5.79. The smallest absolute Gasteiger partial charge is 0.249 e. The minimum Gasteiger partial charge on any atom is -0.454 e. The van der Waals surface area contributed by atoms with Gasteiger partial charge in [0.15, 0.2) is 11.5 Å². The first-order valence-electron chi connectivity index (χ1n) is 9.26. The summed E-state index contributed by atoms with van der Waals surface area (Å²) in [6.07, 6.45) is 1.16. The van der Waals surface area contributed by atoms with Crippen LogP contribution >= 0.6 is 0 Å². The van der Waals surface area contributed by atoms with Gasteiger partial charge in [-0.1, -0.05) is 29.4 Å². The summed E-state index contributed by atoms with van der Waals surface area (Å²) in [5.74, 6) is 2.42. The van der Waals surface area contributed by atoms with E-state index in [9.17, 15) is 4.79 Å². The Balaban J connectivity index is 1.41. The standard InChI is InChI=1S/C21H19N3O4/c1-13-4-2-3-5-15(13)11-24-16(7-9-19(24)25)21-22-20(23-28-21)14-6-8-17-18(10-14)27-12-26-17/h2-6,8,10,16H,7,9,11-12H2,1H3.